The lowest BCUT2D eigenvalue weighted by molar-refractivity contribution is -0.166. The van der Waals surface area contributed by atoms with E-state index in [4.69, 9.17) is 4.74 Å². The van der Waals surface area contributed by atoms with Gasteiger partial charge in [0.25, 0.3) is 0 Å². The number of benzene rings is 2. The molecule has 10 heteroatoms. The lowest BCUT2D eigenvalue weighted by atomic mass is 9.79. The van der Waals surface area contributed by atoms with Gasteiger partial charge in [-0.25, -0.2) is 9.78 Å². The maximum absolute atomic E-state index is 14.9. The summed E-state index contributed by atoms with van der Waals surface area (Å²) in [6.45, 7) is 5.66. The highest BCUT2D eigenvalue weighted by Crippen LogP contribution is 2.52. The van der Waals surface area contributed by atoms with Crippen LogP contribution in [0.25, 0.3) is 0 Å². The van der Waals surface area contributed by atoms with Gasteiger partial charge in [-0.05, 0) is 99.7 Å². The van der Waals surface area contributed by atoms with Gasteiger partial charge < -0.3 is 20.3 Å². The molecule has 3 aliphatic carbocycles. The van der Waals surface area contributed by atoms with Gasteiger partial charge in [-0.3, -0.25) is 19.3 Å². The van der Waals surface area contributed by atoms with Gasteiger partial charge in [-0.2, -0.15) is 0 Å². The molecule has 1 saturated heterocycles. The van der Waals surface area contributed by atoms with E-state index < -0.39 is 28.2 Å². The topological polar surface area (TPSA) is 121 Å². The lowest BCUT2D eigenvalue weighted by Gasteiger charge is -2.56. The minimum atomic E-state index is -1.04. The fourth-order valence-corrected chi connectivity index (χ4v) is 9.08. The fraction of sp³-hybridized carbons (Fsp3) is 0.447. The fourth-order valence-electron chi connectivity index (χ4n) is 9.08. The van der Waals surface area contributed by atoms with Crippen LogP contribution in [0.2, 0.25) is 0 Å². The molecule has 248 valence electrons. The molecule has 10 nitrogen and oxygen atoms in total. The Kier molecular flexibility index (Phi) is 6.78. The maximum atomic E-state index is 14.9. The first-order valence-electron chi connectivity index (χ1n) is 17.0. The molecule has 1 saturated carbocycles. The van der Waals surface area contributed by atoms with Gasteiger partial charge in [0.2, 0.25) is 17.7 Å². The number of rotatable bonds is 3. The van der Waals surface area contributed by atoms with Crippen molar-refractivity contribution >= 4 is 35.3 Å². The predicted molar refractivity (Wildman–Crippen MR) is 179 cm³/mol. The standard InChI is InChI=1S/C38H41N5O5/c1-35(2,3)48-34(47)43-23-38(17-14-24-9-4-5-10-28(24)38)42(33(46)37(43)15-6-7-16-37)22-30(44)40-27-13-12-25-20-36(21-26(25)19-27)29-11-8-18-39-31(29)41-32(36)45/h4-5,8-13,18-19H,6-7,14-17,20-23H2,1-3H3,(H,40,44)(H,39,41,45). The number of nitrogens with zero attached hydrogens (tertiary/aromatic N) is 3. The SMILES string of the molecule is CC(C)(C)OC(=O)N1CC2(CCc3ccccc32)N(CC(=O)Nc2ccc3c(c2)CC2(C3)C(=O)Nc3ncccc32)C(=O)C12CCCC2. The van der Waals surface area contributed by atoms with E-state index in [0.29, 0.717) is 43.6 Å². The third-order valence-electron chi connectivity index (χ3n) is 11.2. The number of aryl methyl sites for hydroxylation is 1. The summed E-state index contributed by atoms with van der Waals surface area (Å²) < 4.78 is 5.90. The molecule has 2 unspecified atom stereocenters. The van der Waals surface area contributed by atoms with Crippen molar-refractivity contribution in [2.24, 2.45) is 0 Å². The maximum Gasteiger partial charge on any atom is 0.411 e. The molecule has 2 N–H and O–H groups in total. The Morgan fingerprint density at radius 2 is 1.67 bits per heavy atom. The zero-order valence-electron chi connectivity index (χ0n) is 27.7. The molecule has 2 aliphatic heterocycles. The van der Waals surface area contributed by atoms with Gasteiger partial charge in [-0.15, -0.1) is 0 Å². The summed E-state index contributed by atoms with van der Waals surface area (Å²) in [5.74, 6) is 0.0823. The Morgan fingerprint density at radius 1 is 0.917 bits per heavy atom. The molecule has 2 aromatic carbocycles. The van der Waals surface area contributed by atoms with Gasteiger partial charge in [0.05, 0.1) is 17.5 Å². The third kappa shape index (κ3) is 4.55. The van der Waals surface area contributed by atoms with E-state index in [1.807, 2.05) is 69.3 Å². The van der Waals surface area contributed by atoms with Gasteiger partial charge in [0, 0.05) is 17.4 Å². The first-order chi connectivity index (χ1) is 22.9. The quantitative estimate of drug-likeness (QED) is 0.401. The van der Waals surface area contributed by atoms with Crippen LogP contribution >= 0.6 is 0 Å². The van der Waals surface area contributed by atoms with Crippen molar-refractivity contribution in [2.45, 2.75) is 94.2 Å². The van der Waals surface area contributed by atoms with Crippen LogP contribution in [-0.2, 0) is 49.3 Å². The number of carbonyl (C=O) groups is 4. The molecule has 4 amide bonds. The van der Waals surface area contributed by atoms with E-state index in [1.165, 1.54) is 0 Å². The average Bonchev–Trinajstić information content (AvgIpc) is 3.82. The van der Waals surface area contributed by atoms with Gasteiger partial charge in [-0.1, -0.05) is 49.2 Å². The Hall–Kier alpha value is -4.73. The monoisotopic (exact) mass is 647 g/mol. The highest BCUT2D eigenvalue weighted by molar-refractivity contribution is 6.06. The summed E-state index contributed by atoms with van der Waals surface area (Å²) in [5, 5.41) is 6.02. The first-order valence-corrected chi connectivity index (χ1v) is 17.0. The number of anilines is 2. The molecular formula is C38H41N5O5. The first kappa shape index (κ1) is 30.6. The van der Waals surface area contributed by atoms with E-state index in [9.17, 15) is 19.2 Å². The Labute approximate surface area is 280 Å². The number of carbonyl (C=O) groups excluding carboxylic acids is 4. The molecule has 48 heavy (non-hydrogen) atoms. The van der Waals surface area contributed by atoms with Crippen LogP contribution in [-0.4, -0.2) is 62.8 Å². The number of pyridine rings is 1. The summed E-state index contributed by atoms with van der Waals surface area (Å²) in [4.78, 5) is 63.7. The van der Waals surface area contributed by atoms with E-state index in [1.54, 1.807) is 16.0 Å². The summed E-state index contributed by atoms with van der Waals surface area (Å²) in [6.07, 6.45) is 6.38. The largest absolute Gasteiger partial charge is 0.444 e. The number of piperazine rings is 1. The van der Waals surface area contributed by atoms with Gasteiger partial charge in [0.15, 0.2) is 0 Å². The molecule has 1 aromatic heterocycles. The minimum absolute atomic E-state index is 0.0509. The number of hydrogen-bond acceptors (Lipinski definition) is 6. The van der Waals surface area contributed by atoms with Crippen LogP contribution in [0, 0.1) is 0 Å². The van der Waals surface area contributed by atoms with E-state index in [2.05, 4.69) is 21.7 Å². The number of nitrogens with one attached hydrogen (secondary N) is 2. The average molecular weight is 648 g/mol. The van der Waals surface area contributed by atoms with Crippen molar-refractivity contribution in [3.05, 3.63) is 88.6 Å². The van der Waals surface area contributed by atoms with Crippen LogP contribution < -0.4 is 10.6 Å². The summed E-state index contributed by atoms with van der Waals surface area (Å²) in [6, 6.07) is 17.7. The summed E-state index contributed by atoms with van der Waals surface area (Å²) in [5.41, 5.74) is 2.41. The normalized spacial score (nSPS) is 25.0. The lowest BCUT2D eigenvalue weighted by Crippen LogP contribution is -2.73. The van der Waals surface area contributed by atoms with Gasteiger partial charge in [0.1, 0.15) is 23.5 Å². The second-order valence-corrected chi connectivity index (χ2v) is 15.2. The Bertz CT molecular complexity index is 1880. The molecular weight excluding hydrogens is 606 g/mol. The number of fused-ring (bicyclic) bond motifs is 5. The van der Waals surface area contributed by atoms with Crippen LogP contribution in [0.15, 0.2) is 60.8 Å². The van der Waals surface area contributed by atoms with Crippen molar-refractivity contribution in [1.82, 2.24) is 14.8 Å². The zero-order chi connectivity index (χ0) is 33.5. The molecule has 2 fully saturated rings. The predicted octanol–water partition coefficient (Wildman–Crippen LogP) is 5.24. The van der Waals surface area contributed by atoms with Crippen molar-refractivity contribution in [1.29, 1.82) is 0 Å². The molecule has 2 atom stereocenters. The van der Waals surface area contributed by atoms with Crippen LogP contribution in [0.1, 0.15) is 80.7 Å². The highest BCUT2D eigenvalue weighted by atomic mass is 16.6. The molecule has 5 aliphatic rings. The Balaban J connectivity index is 1.09. The molecule has 3 aromatic rings. The smallest absolute Gasteiger partial charge is 0.411 e. The summed E-state index contributed by atoms with van der Waals surface area (Å²) in [7, 11) is 0. The van der Waals surface area contributed by atoms with Crippen molar-refractivity contribution < 1.29 is 23.9 Å². The molecule has 0 bridgehead atoms. The van der Waals surface area contributed by atoms with Crippen molar-refractivity contribution in [3.63, 3.8) is 0 Å². The molecule has 3 spiro atoms. The second kappa shape index (κ2) is 10.6. The number of ether oxygens (including phenoxy) is 1. The zero-order valence-corrected chi connectivity index (χ0v) is 27.7. The van der Waals surface area contributed by atoms with Gasteiger partial charge >= 0.3 is 6.09 Å². The highest BCUT2D eigenvalue weighted by Gasteiger charge is 2.62. The van der Waals surface area contributed by atoms with E-state index in [-0.39, 0.29) is 30.8 Å². The van der Waals surface area contributed by atoms with Crippen molar-refractivity contribution in [3.8, 4) is 0 Å². The van der Waals surface area contributed by atoms with Crippen LogP contribution in [0.3, 0.4) is 0 Å². The van der Waals surface area contributed by atoms with Crippen molar-refractivity contribution in [2.75, 3.05) is 23.7 Å². The molecule has 0 radical (unpaired) electrons. The van der Waals surface area contributed by atoms with E-state index in [0.717, 1.165) is 47.1 Å². The number of amides is 4. The second-order valence-electron chi connectivity index (χ2n) is 15.2. The van der Waals surface area contributed by atoms with Crippen LogP contribution in [0.5, 0.6) is 0 Å². The van der Waals surface area contributed by atoms with E-state index >= 15 is 0 Å². The number of aromatic nitrogens is 1. The number of hydrogen-bond donors (Lipinski definition) is 2. The summed E-state index contributed by atoms with van der Waals surface area (Å²) >= 11 is 0. The third-order valence-corrected chi connectivity index (χ3v) is 11.2. The minimum Gasteiger partial charge on any atom is -0.444 e. The molecule has 3 heterocycles. The van der Waals surface area contributed by atoms with Crippen LogP contribution in [0.4, 0.5) is 16.3 Å². The molecule has 8 rings (SSSR count). The Morgan fingerprint density at radius 3 is 2.46 bits per heavy atom.